The van der Waals surface area contributed by atoms with E-state index >= 15 is 0 Å². The highest BCUT2D eigenvalue weighted by atomic mass is 127. The lowest BCUT2D eigenvalue weighted by Gasteiger charge is -2.43. The van der Waals surface area contributed by atoms with Gasteiger partial charge in [0.1, 0.15) is 11.3 Å². The molecule has 2 atom stereocenters. The van der Waals surface area contributed by atoms with E-state index in [1.807, 2.05) is 0 Å². The number of thiocyanates is 1. The van der Waals surface area contributed by atoms with E-state index in [-0.39, 0.29) is 0 Å². The lowest BCUT2D eigenvalue weighted by atomic mass is 9.72. The summed E-state index contributed by atoms with van der Waals surface area (Å²) in [5, 5.41) is 10.5. The van der Waals surface area contributed by atoms with Crippen LogP contribution in [0.1, 0.15) is 58.8 Å². The maximum Gasteiger partial charge on any atom is 0.432 e. The van der Waals surface area contributed by atoms with Gasteiger partial charge in [0, 0.05) is 12.2 Å². The van der Waals surface area contributed by atoms with E-state index in [1.54, 1.807) is 0 Å². The standard InChI is InChI=1S/C12H8F17I.C10H19NS/c13-6(9(18,19)20,10(21,22)23)3-4(1-2-30)5(8(15,16)17)7(14,11(24,25)26)12(27,28)29;1-3-5-10(6-4-2)7-8-12-9-11/h4-5H,1-3H2;10H,3-8H2,1-2H3. The average molecular weight is 787 g/mol. The van der Waals surface area contributed by atoms with Gasteiger partial charge in [0.25, 0.3) is 5.67 Å². The summed E-state index contributed by atoms with van der Waals surface area (Å²) in [6.45, 7) is 4.47. The van der Waals surface area contributed by atoms with Crippen molar-refractivity contribution in [3.8, 4) is 5.40 Å². The quantitative estimate of drug-likeness (QED) is 0.0610. The Morgan fingerprint density at radius 2 is 1.05 bits per heavy atom. The van der Waals surface area contributed by atoms with Gasteiger partial charge in [0.05, 0.1) is 0 Å². The van der Waals surface area contributed by atoms with E-state index in [4.69, 9.17) is 5.26 Å². The summed E-state index contributed by atoms with van der Waals surface area (Å²) in [7, 11) is 0. The molecule has 0 N–H and O–H groups in total. The van der Waals surface area contributed by atoms with Gasteiger partial charge in [-0.25, -0.2) is 8.78 Å². The third-order valence-electron chi connectivity index (χ3n) is 6.09. The smallest absolute Gasteiger partial charge is 0.224 e. The second-order valence-electron chi connectivity index (χ2n) is 9.14. The Morgan fingerprint density at radius 3 is 1.31 bits per heavy atom. The fourth-order valence-electron chi connectivity index (χ4n) is 4.13. The molecule has 0 aliphatic carbocycles. The zero-order chi connectivity index (χ0) is 34.0. The molecule has 0 aliphatic rings. The van der Waals surface area contributed by atoms with E-state index in [9.17, 15) is 74.6 Å². The molecule has 0 heterocycles. The number of thioether (sulfide) groups is 1. The van der Waals surface area contributed by atoms with Crippen molar-refractivity contribution < 1.29 is 74.6 Å². The lowest BCUT2D eigenvalue weighted by molar-refractivity contribution is -0.398. The zero-order valence-electron chi connectivity index (χ0n) is 21.8. The third-order valence-corrected chi connectivity index (χ3v) is 7.28. The van der Waals surface area contributed by atoms with Crippen LogP contribution in [-0.2, 0) is 0 Å². The fraction of sp³-hybridized carbons (Fsp3) is 0.955. The van der Waals surface area contributed by atoms with Gasteiger partial charge in [-0.15, -0.1) is 0 Å². The highest BCUT2D eigenvalue weighted by molar-refractivity contribution is 14.1. The summed E-state index contributed by atoms with van der Waals surface area (Å²) in [6.07, 6.45) is -35.1. The molecule has 0 aromatic rings. The van der Waals surface area contributed by atoms with Gasteiger partial charge < -0.3 is 0 Å². The zero-order valence-corrected chi connectivity index (χ0v) is 24.7. The van der Waals surface area contributed by atoms with Crippen molar-refractivity contribution in [3.63, 3.8) is 0 Å². The van der Waals surface area contributed by atoms with Crippen molar-refractivity contribution in [2.45, 2.75) is 101 Å². The van der Waals surface area contributed by atoms with Gasteiger partial charge in [-0.1, -0.05) is 62.1 Å². The van der Waals surface area contributed by atoms with E-state index in [2.05, 4.69) is 19.2 Å². The van der Waals surface area contributed by atoms with Gasteiger partial charge in [0.15, 0.2) is 0 Å². The lowest BCUT2D eigenvalue weighted by Crippen LogP contribution is -2.65. The Labute approximate surface area is 248 Å². The van der Waals surface area contributed by atoms with Crippen molar-refractivity contribution in [2.75, 3.05) is 10.2 Å². The van der Waals surface area contributed by atoms with Crippen LogP contribution in [0, 0.1) is 28.4 Å². The molecule has 0 fully saturated rings. The highest BCUT2D eigenvalue weighted by Crippen LogP contribution is 2.60. The minimum atomic E-state index is -7.47. The SMILES string of the molecule is CCCC(CCC)CCSC#N.FC(F)(F)C(C(CCI)CC(F)(C(F)(F)F)C(F)(F)F)C(F)(C(F)(F)F)C(F)(F)F. The molecule has 0 aromatic carbocycles. The molecule has 20 heteroatoms. The Balaban J connectivity index is 0. The number of rotatable bonds is 13. The maximum atomic E-state index is 14.1. The summed E-state index contributed by atoms with van der Waals surface area (Å²) < 4.78 is 218. The Hall–Kier alpha value is -0.620. The third kappa shape index (κ3) is 11.7. The van der Waals surface area contributed by atoms with Crippen LogP contribution in [-0.4, -0.2) is 52.4 Å². The molecule has 0 rings (SSSR count). The monoisotopic (exact) mass is 787 g/mol. The minimum absolute atomic E-state index is 0.862. The van der Waals surface area contributed by atoms with E-state index < -0.39 is 71.3 Å². The summed E-state index contributed by atoms with van der Waals surface area (Å²) >= 11 is 2.28. The highest BCUT2D eigenvalue weighted by Gasteiger charge is 2.83. The molecule has 0 spiro atoms. The van der Waals surface area contributed by atoms with Crippen LogP contribution in [0.25, 0.3) is 0 Å². The second kappa shape index (κ2) is 16.6. The van der Waals surface area contributed by atoms with Crippen molar-refractivity contribution >= 4 is 34.4 Å². The molecule has 2 unspecified atom stereocenters. The number of hydrogen-bond donors (Lipinski definition) is 0. The summed E-state index contributed by atoms with van der Waals surface area (Å²) in [5.41, 5.74) is -14.0. The molecule has 0 bridgehead atoms. The number of halogens is 18. The van der Waals surface area contributed by atoms with Crippen LogP contribution in [0.5, 0.6) is 0 Å². The minimum Gasteiger partial charge on any atom is -0.224 e. The molecular formula is C22H27F17INS. The van der Waals surface area contributed by atoms with Crippen molar-refractivity contribution in [1.82, 2.24) is 0 Å². The van der Waals surface area contributed by atoms with Gasteiger partial charge in [0.2, 0.25) is 0 Å². The molecule has 252 valence electrons. The molecule has 0 amide bonds. The van der Waals surface area contributed by atoms with Crippen LogP contribution in [0.4, 0.5) is 74.6 Å². The number of hydrogen-bond acceptors (Lipinski definition) is 2. The van der Waals surface area contributed by atoms with Gasteiger partial charge in [-0.2, -0.15) is 71.1 Å². The Kier molecular flexibility index (Phi) is 17.2. The largest absolute Gasteiger partial charge is 0.432 e. The van der Waals surface area contributed by atoms with Crippen LogP contribution in [0.3, 0.4) is 0 Å². The summed E-state index contributed by atoms with van der Waals surface area (Å²) in [4.78, 5) is 0. The van der Waals surface area contributed by atoms with E-state index in [0.29, 0.717) is 0 Å². The number of alkyl halides is 18. The fourth-order valence-corrected chi connectivity index (χ4v) is 5.47. The van der Waals surface area contributed by atoms with Crippen LogP contribution >= 0.6 is 34.4 Å². The maximum absolute atomic E-state index is 14.1. The van der Waals surface area contributed by atoms with E-state index in [0.717, 1.165) is 34.3 Å². The first-order chi connectivity index (χ1) is 18.6. The Morgan fingerprint density at radius 1 is 0.643 bits per heavy atom. The van der Waals surface area contributed by atoms with Crippen LogP contribution in [0.15, 0.2) is 0 Å². The molecule has 1 nitrogen and oxygen atoms in total. The molecular weight excluding hydrogens is 760 g/mol. The van der Waals surface area contributed by atoms with Crippen LogP contribution in [0.2, 0.25) is 0 Å². The molecule has 0 aromatic heterocycles. The molecule has 0 aliphatic heterocycles. The van der Waals surface area contributed by atoms with Crippen molar-refractivity contribution in [1.29, 1.82) is 5.26 Å². The Bertz CT molecular complexity index is 777. The van der Waals surface area contributed by atoms with Gasteiger partial charge in [-0.3, -0.25) is 0 Å². The molecule has 0 saturated carbocycles. The normalized spacial score (nSPS) is 15.6. The summed E-state index contributed by atoms with van der Waals surface area (Å²) in [6, 6.07) is 0. The van der Waals surface area contributed by atoms with Crippen LogP contribution < -0.4 is 0 Å². The van der Waals surface area contributed by atoms with Gasteiger partial charge >= 0.3 is 36.6 Å². The predicted octanol–water partition coefficient (Wildman–Crippen LogP) is 11.5. The number of nitriles is 1. The topological polar surface area (TPSA) is 23.8 Å². The first-order valence-electron chi connectivity index (χ1n) is 11.9. The van der Waals surface area contributed by atoms with E-state index in [1.165, 1.54) is 43.9 Å². The second-order valence-corrected chi connectivity index (χ2v) is 11.1. The molecule has 42 heavy (non-hydrogen) atoms. The van der Waals surface area contributed by atoms with Crippen molar-refractivity contribution in [3.05, 3.63) is 0 Å². The average Bonchev–Trinajstić information content (AvgIpc) is 2.76. The molecule has 0 radical (unpaired) electrons. The predicted molar refractivity (Wildman–Crippen MR) is 129 cm³/mol. The molecule has 0 saturated heterocycles. The van der Waals surface area contributed by atoms with Crippen molar-refractivity contribution in [2.24, 2.45) is 17.8 Å². The first kappa shape index (κ1) is 43.5. The van der Waals surface area contributed by atoms with Gasteiger partial charge in [-0.05, 0) is 40.9 Å². The summed E-state index contributed by atoms with van der Waals surface area (Å²) in [5.74, 6) is -7.69. The number of nitrogens with zero attached hydrogens (tertiary/aromatic N) is 1. The first-order valence-corrected chi connectivity index (χ1v) is 14.4.